The van der Waals surface area contributed by atoms with Gasteiger partial charge in [0.2, 0.25) is 0 Å². The van der Waals surface area contributed by atoms with E-state index in [1.165, 1.54) is 5.56 Å². The average molecular weight is 304 g/mol. The van der Waals surface area contributed by atoms with E-state index in [2.05, 4.69) is 31.3 Å². The topological polar surface area (TPSA) is 21.3 Å². The fourth-order valence-electron chi connectivity index (χ4n) is 2.11. The van der Waals surface area contributed by atoms with Crippen molar-refractivity contribution in [2.45, 2.75) is 33.2 Å². The first-order valence-corrected chi connectivity index (χ1v) is 7.86. The van der Waals surface area contributed by atoms with Crippen LogP contribution in [0.2, 0.25) is 5.02 Å². The molecule has 3 heteroatoms. The average Bonchev–Trinajstić information content (AvgIpc) is 2.51. The van der Waals surface area contributed by atoms with Gasteiger partial charge in [-0.05, 0) is 55.3 Å². The molecule has 0 aliphatic heterocycles. The minimum atomic E-state index is 0.733. The molecule has 2 aromatic rings. The third-order valence-electron chi connectivity index (χ3n) is 3.32. The Balaban J connectivity index is 2.13. The molecule has 0 heterocycles. The second-order valence-electron chi connectivity index (χ2n) is 5.03. The van der Waals surface area contributed by atoms with E-state index in [-0.39, 0.29) is 0 Å². The lowest BCUT2D eigenvalue weighted by molar-refractivity contribution is 0.472. The predicted molar refractivity (Wildman–Crippen MR) is 89.3 cm³/mol. The maximum atomic E-state index is 6.09. The highest BCUT2D eigenvalue weighted by molar-refractivity contribution is 6.30. The van der Waals surface area contributed by atoms with E-state index in [1.807, 2.05) is 30.3 Å². The molecule has 0 spiro atoms. The van der Waals surface area contributed by atoms with Crippen LogP contribution in [-0.2, 0) is 13.0 Å². The van der Waals surface area contributed by atoms with E-state index in [0.29, 0.717) is 0 Å². The molecule has 0 radical (unpaired) electrons. The number of nitrogens with one attached hydrogen (secondary N) is 1. The molecule has 0 aliphatic carbocycles. The quantitative estimate of drug-likeness (QED) is 0.710. The third-order valence-corrected chi connectivity index (χ3v) is 3.56. The highest BCUT2D eigenvalue weighted by Crippen LogP contribution is 2.28. The van der Waals surface area contributed by atoms with Gasteiger partial charge in [-0.3, -0.25) is 0 Å². The van der Waals surface area contributed by atoms with Crippen molar-refractivity contribution in [3.8, 4) is 11.5 Å². The molecular weight excluding hydrogens is 282 g/mol. The standard InChI is InChI=1S/C18H22ClNO/c1-3-11-20-13-15-12-16(19)7-10-18(15)21-17-8-5-14(4-2)6-9-17/h5-10,12,20H,3-4,11,13H2,1-2H3. The molecule has 0 bridgehead atoms. The van der Waals surface area contributed by atoms with E-state index in [9.17, 15) is 0 Å². The lowest BCUT2D eigenvalue weighted by atomic mass is 10.1. The van der Waals surface area contributed by atoms with Gasteiger partial charge in [0.1, 0.15) is 11.5 Å². The molecular formula is C18H22ClNO. The normalized spacial score (nSPS) is 10.6. The number of hydrogen-bond acceptors (Lipinski definition) is 2. The van der Waals surface area contributed by atoms with Gasteiger partial charge in [0.05, 0.1) is 0 Å². The van der Waals surface area contributed by atoms with Crippen LogP contribution in [0.5, 0.6) is 11.5 Å². The van der Waals surface area contributed by atoms with Crippen LogP contribution >= 0.6 is 11.6 Å². The van der Waals surface area contributed by atoms with E-state index in [0.717, 1.165) is 48.0 Å². The molecule has 2 rings (SSSR count). The molecule has 0 aliphatic rings. The van der Waals surface area contributed by atoms with Crippen LogP contribution in [0.1, 0.15) is 31.4 Å². The molecule has 0 aromatic heterocycles. The minimum Gasteiger partial charge on any atom is -0.457 e. The lowest BCUT2D eigenvalue weighted by Gasteiger charge is -2.12. The molecule has 112 valence electrons. The summed E-state index contributed by atoms with van der Waals surface area (Å²) in [6.45, 7) is 6.04. The number of halogens is 1. The molecule has 0 unspecified atom stereocenters. The van der Waals surface area contributed by atoms with Gasteiger partial charge < -0.3 is 10.1 Å². The van der Waals surface area contributed by atoms with Crippen molar-refractivity contribution in [2.75, 3.05) is 6.54 Å². The first-order valence-electron chi connectivity index (χ1n) is 7.49. The number of hydrogen-bond donors (Lipinski definition) is 1. The maximum Gasteiger partial charge on any atom is 0.132 e. The van der Waals surface area contributed by atoms with Crippen molar-refractivity contribution < 1.29 is 4.74 Å². The zero-order chi connectivity index (χ0) is 15.1. The maximum absolute atomic E-state index is 6.09. The van der Waals surface area contributed by atoms with Crippen LogP contribution < -0.4 is 10.1 Å². The molecule has 2 nitrogen and oxygen atoms in total. The van der Waals surface area contributed by atoms with Gasteiger partial charge in [0, 0.05) is 17.1 Å². The summed E-state index contributed by atoms with van der Waals surface area (Å²) in [5, 5.41) is 4.12. The van der Waals surface area contributed by atoms with E-state index < -0.39 is 0 Å². The minimum absolute atomic E-state index is 0.733. The van der Waals surface area contributed by atoms with Crippen LogP contribution in [0.15, 0.2) is 42.5 Å². The highest BCUT2D eigenvalue weighted by Gasteiger charge is 2.06. The second-order valence-corrected chi connectivity index (χ2v) is 5.46. The van der Waals surface area contributed by atoms with Gasteiger partial charge in [0.15, 0.2) is 0 Å². The number of rotatable bonds is 7. The summed E-state index contributed by atoms with van der Waals surface area (Å²) in [6, 6.07) is 14.0. The van der Waals surface area contributed by atoms with Crippen molar-refractivity contribution in [1.29, 1.82) is 0 Å². The highest BCUT2D eigenvalue weighted by atomic mass is 35.5. The summed E-state index contributed by atoms with van der Waals surface area (Å²) in [5.74, 6) is 1.71. The third kappa shape index (κ3) is 4.76. The number of aryl methyl sites for hydroxylation is 1. The van der Waals surface area contributed by atoms with Crippen LogP contribution in [-0.4, -0.2) is 6.54 Å². The van der Waals surface area contributed by atoms with Gasteiger partial charge in [-0.15, -0.1) is 0 Å². The van der Waals surface area contributed by atoms with Crippen molar-refractivity contribution in [3.63, 3.8) is 0 Å². The van der Waals surface area contributed by atoms with Crippen LogP contribution in [0.4, 0.5) is 0 Å². The summed E-state index contributed by atoms with van der Waals surface area (Å²) in [4.78, 5) is 0. The lowest BCUT2D eigenvalue weighted by Crippen LogP contribution is -2.14. The Kier molecular flexibility index (Phi) is 6.09. The SMILES string of the molecule is CCCNCc1cc(Cl)ccc1Oc1ccc(CC)cc1. The predicted octanol–water partition coefficient (Wildman–Crippen LogP) is 5.19. The monoisotopic (exact) mass is 303 g/mol. The molecule has 0 atom stereocenters. The molecule has 0 amide bonds. The Morgan fingerprint density at radius 2 is 1.81 bits per heavy atom. The largest absolute Gasteiger partial charge is 0.457 e. The Bertz CT molecular complexity index is 566. The Morgan fingerprint density at radius 3 is 2.48 bits per heavy atom. The van der Waals surface area contributed by atoms with Gasteiger partial charge in [-0.1, -0.05) is 37.6 Å². The second kappa shape index (κ2) is 8.06. The smallest absolute Gasteiger partial charge is 0.132 e. The van der Waals surface area contributed by atoms with Crippen molar-refractivity contribution in [1.82, 2.24) is 5.32 Å². The van der Waals surface area contributed by atoms with Crippen molar-refractivity contribution in [3.05, 3.63) is 58.6 Å². The van der Waals surface area contributed by atoms with Gasteiger partial charge in [0.25, 0.3) is 0 Å². The molecule has 0 fully saturated rings. The van der Waals surface area contributed by atoms with Crippen LogP contribution in [0, 0.1) is 0 Å². The van der Waals surface area contributed by atoms with E-state index in [4.69, 9.17) is 16.3 Å². The fraction of sp³-hybridized carbons (Fsp3) is 0.333. The summed E-state index contributed by atoms with van der Waals surface area (Å²) < 4.78 is 6.00. The molecule has 21 heavy (non-hydrogen) atoms. The zero-order valence-electron chi connectivity index (χ0n) is 12.7. The Labute approximate surface area is 132 Å². The molecule has 1 N–H and O–H groups in total. The van der Waals surface area contributed by atoms with Crippen LogP contribution in [0.25, 0.3) is 0 Å². The Hall–Kier alpha value is -1.51. The van der Waals surface area contributed by atoms with Gasteiger partial charge in [-0.25, -0.2) is 0 Å². The fourth-order valence-corrected chi connectivity index (χ4v) is 2.30. The first-order chi connectivity index (χ1) is 10.2. The van der Waals surface area contributed by atoms with Gasteiger partial charge in [-0.2, -0.15) is 0 Å². The Morgan fingerprint density at radius 1 is 1.05 bits per heavy atom. The summed E-state index contributed by atoms with van der Waals surface area (Å²) in [5.41, 5.74) is 2.39. The summed E-state index contributed by atoms with van der Waals surface area (Å²) in [6.07, 6.45) is 2.14. The van der Waals surface area contributed by atoms with Crippen molar-refractivity contribution >= 4 is 11.6 Å². The number of ether oxygens (including phenoxy) is 1. The summed E-state index contributed by atoms with van der Waals surface area (Å²) in [7, 11) is 0. The number of benzene rings is 2. The van der Waals surface area contributed by atoms with Crippen molar-refractivity contribution in [2.24, 2.45) is 0 Å². The molecule has 2 aromatic carbocycles. The first kappa shape index (κ1) is 15.9. The van der Waals surface area contributed by atoms with E-state index in [1.54, 1.807) is 0 Å². The van der Waals surface area contributed by atoms with E-state index >= 15 is 0 Å². The molecule has 0 saturated heterocycles. The summed E-state index contributed by atoms with van der Waals surface area (Å²) >= 11 is 6.09. The van der Waals surface area contributed by atoms with Gasteiger partial charge >= 0.3 is 0 Å². The zero-order valence-corrected chi connectivity index (χ0v) is 13.4. The van der Waals surface area contributed by atoms with Crippen LogP contribution in [0.3, 0.4) is 0 Å². The molecule has 0 saturated carbocycles.